The highest BCUT2D eigenvalue weighted by Gasteiger charge is 2.39. The van der Waals surface area contributed by atoms with Crippen LogP contribution in [0.25, 0.3) is 0 Å². The molecule has 94 valence electrons. The summed E-state index contributed by atoms with van der Waals surface area (Å²) in [5.41, 5.74) is 0.282. The SMILES string of the molecule is O=C1C(c2ccccc2Br)=[N+]([O-])c2cccc(F)c21. The van der Waals surface area contributed by atoms with Crippen LogP contribution in [-0.4, -0.2) is 16.2 Å². The fourth-order valence-electron chi connectivity index (χ4n) is 2.12. The molecule has 1 aliphatic rings. The lowest BCUT2D eigenvalue weighted by Crippen LogP contribution is -2.17. The van der Waals surface area contributed by atoms with Crippen LogP contribution in [-0.2, 0) is 0 Å². The van der Waals surface area contributed by atoms with Gasteiger partial charge in [0, 0.05) is 10.5 Å². The van der Waals surface area contributed by atoms with E-state index in [1.807, 2.05) is 0 Å². The first-order chi connectivity index (χ1) is 9.11. The third-order valence-corrected chi connectivity index (χ3v) is 3.68. The second-order valence-electron chi connectivity index (χ2n) is 4.09. The number of hydrogen-bond donors (Lipinski definition) is 0. The van der Waals surface area contributed by atoms with Gasteiger partial charge in [-0.1, -0.05) is 18.2 Å². The van der Waals surface area contributed by atoms with Crippen molar-refractivity contribution in [1.29, 1.82) is 0 Å². The molecule has 0 aliphatic carbocycles. The van der Waals surface area contributed by atoms with Gasteiger partial charge in [0.15, 0.2) is 0 Å². The summed E-state index contributed by atoms with van der Waals surface area (Å²) in [5.74, 6) is -1.26. The van der Waals surface area contributed by atoms with Gasteiger partial charge >= 0.3 is 0 Å². The summed E-state index contributed by atoms with van der Waals surface area (Å²) in [6.45, 7) is 0. The summed E-state index contributed by atoms with van der Waals surface area (Å²) in [7, 11) is 0. The van der Waals surface area contributed by atoms with Crippen molar-refractivity contribution in [1.82, 2.24) is 0 Å². The molecule has 0 spiro atoms. The molecule has 0 radical (unpaired) electrons. The van der Waals surface area contributed by atoms with Crippen molar-refractivity contribution >= 4 is 33.1 Å². The summed E-state index contributed by atoms with van der Waals surface area (Å²) >= 11 is 3.29. The fourth-order valence-corrected chi connectivity index (χ4v) is 2.60. The number of carbonyl (C=O) groups is 1. The lowest BCUT2D eigenvalue weighted by atomic mass is 10.0. The maximum atomic E-state index is 13.7. The molecule has 2 aromatic rings. The number of Topliss-reactive ketones (excluding diaryl/α,β-unsaturated/α-hetero) is 1. The Morgan fingerprint density at radius 2 is 1.84 bits per heavy atom. The van der Waals surface area contributed by atoms with Gasteiger partial charge in [0.05, 0.1) is 5.56 Å². The Bertz CT molecular complexity index is 740. The van der Waals surface area contributed by atoms with Crippen molar-refractivity contribution in [3.8, 4) is 0 Å². The molecule has 0 bridgehead atoms. The molecule has 0 saturated carbocycles. The first-order valence-corrected chi connectivity index (χ1v) is 6.33. The van der Waals surface area contributed by atoms with Crippen LogP contribution in [0, 0.1) is 11.0 Å². The molecule has 0 aromatic heterocycles. The van der Waals surface area contributed by atoms with Gasteiger partial charge in [-0.2, -0.15) is 4.74 Å². The van der Waals surface area contributed by atoms with E-state index in [2.05, 4.69) is 15.9 Å². The zero-order valence-corrected chi connectivity index (χ0v) is 11.1. The maximum Gasteiger partial charge on any atom is 0.274 e. The molecule has 1 heterocycles. The van der Waals surface area contributed by atoms with Crippen LogP contribution in [0.15, 0.2) is 46.9 Å². The van der Waals surface area contributed by atoms with Crippen molar-refractivity contribution in [3.63, 3.8) is 0 Å². The van der Waals surface area contributed by atoms with E-state index >= 15 is 0 Å². The minimum atomic E-state index is -0.676. The van der Waals surface area contributed by atoms with Gasteiger partial charge in [0.25, 0.3) is 11.5 Å². The molecule has 0 saturated heterocycles. The van der Waals surface area contributed by atoms with Gasteiger partial charge in [-0.25, -0.2) is 4.39 Å². The molecule has 0 amide bonds. The molecule has 19 heavy (non-hydrogen) atoms. The third-order valence-electron chi connectivity index (χ3n) is 2.98. The maximum absolute atomic E-state index is 13.7. The van der Waals surface area contributed by atoms with E-state index in [-0.39, 0.29) is 17.0 Å². The van der Waals surface area contributed by atoms with E-state index in [4.69, 9.17) is 0 Å². The number of hydrogen-bond acceptors (Lipinski definition) is 2. The lowest BCUT2D eigenvalue weighted by molar-refractivity contribution is -0.355. The predicted molar refractivity (Wildman–Crippen MR) is 72.3 cm³/mol. The average Bonchev–Trinajstić information content (AvgIpc) is 2.64. The highest BCUT2D eigenvalue weighted by molar-refractivity contribution is 9.10. The third kappa shape index (κ3) is 1.69. The van der Waals surface area contributed by atoms with Crippen LogP contribution in [0.3, 0.4) is 0 Å². The Labute approximate surface area is 116 Å². The molecular weight excluding hydrogens is 313 g/mol. The van der Waals surface area contributed by atoms with Crippen LogP contribution in [0.2, 0.25) is 0 Å². The van der Waals surface area contributed by atoms with Crippen LogP contribution < -0.4 is 0 Å². The van der Waals surface area contributed by atoms with E-state index in [1.165, 1.54) is 18.2 Å². The number of rotatable bonds is 1. The molecule has 1 aliphatic heterocycles. The minimum Gasteiger partial charge on any atom is -0.618 e. The summed E-state index contributed by atoms with van der Waals surface area (Å²) < 4.78 is 14.8. The molecular formula is C14H7BrFNO2. The number of carbonyl (C=O) groups excluding carboxylic acids is 1. The molecule has 0 N–H and O–H groups in total. The monoisotopic (exact) mass is 319 g/mol. The van der Waals surface area contributed by atoms with Gasteiger partial charge in [-0.15, -0.1) is 0 Å². The van der Waals surface area contributed by atoms with Gasteiger partial charge in [-0.3, -0.25) is 4.79 Å². The molecule has 0 unspecified atom stereocenters. The number of fused-ring (bicyclic) bond motifs is 1. The molecule has 5 heteroatoms. The molecule has 3 nitrogen and oxygen atoms in total. The molecule has 0 fully saturated rings. The van der Waals surface area contributed by atoms with Crippen molar-refractivity contribution in [2.45, 2.75) is 0 Å². The van der Waals surface area contributed by atoms with Crippen molar-refractivity contribution in [2.75, 3.05) is 0 Å². The Balaban J connectivity index is 2.27. The normalized spacial score (nSPS) is 13.9. The van der Waals surface area contributed by atoms with Crippen LogP contribution in [0.5, 0.6) is 0 Å². The summed E-state index contributed by atoms with van der Waals surface area (Å²) in [6, 6.07) is 10.9. The average molecular weight is 320 g/mol. The van der Waals surface area contributed by atoms with Crippen molar-refractivity contribution < 1.29 is 13.9 Å². The quantitative estimate of drug-likeness (QED) is 0.597. The Morgan fingerprint density at radius 3 is 2.53 bits per heavy atom. The zero-order chi connectivity index (χ0) is 13.6. The number of nitrogens with zero attached hydrogens (tertiary/aromatic N) is 1. The fraction of sp³-hybridized carbons (Fsp3) is 0. The number of halogens is 2. The van der Waals surface area contributed by atoms with Crippen LogP contribution >= 0.6 is 15.9 Å². The van der Waals surface area contributed by atoms with Gasteiger partial charge in [0.1, 0.15) is 11.4 Å². The Hall–Kier alpha value is -2.01. The zero-order valence-electron chi connectivity index (χ0n) is 9.56. The second kappa shape index (κ2) is 4.28. The molecule has 0 atom stereocenters. The van der Waals surface area contributed by atoms with E-state index in [1.54, 1.807) is 24.3 Å². The number of benzene rings is 2. The molecule has 2 aromatic carbocycles. The summed E-state index contributed by atoms with van der Waals surface area (Å²) in [4.78, 5) is 12.2. The van der Waals surface area contributed by atoms with Gasteiger partial charge in [-0.05, 0) is 34.1 Å². The van der Waals surface area contributed by atoms with Crippen LogP contribution in [0.4, 0.5) is 10.1 Å². The minimum absolute atomic E-state index is 0.0516. The second-order valence-corrected chi connectivity index (χ2v) is 4.94. The summed E-state index contributed by atoms with van der Waals surface area (Å²) in [6.07, 6.45) is 0. The van der Waals surface area contributed by atoms with E-state index < -0.39 is 11.6 Å². The number of ketones is 1. The van der Waals surface area contributed by atoms with Gasteiger partial charge in [0.2, 0.25) is 5.69 Å². The highest BCUT2D eigenvalue weighted by atomic mass is 79.9. The predicted octanol–water partition coefficient (Wildman–Crippen LogP) is 3.42. The lowest BCUT2D eigenvalue weighted by Gasteiger charge is -2.03. The summed E-state index contributed by atoms with van der Waals surface area (Å²) in [5, 5.41) is 12.2. The van der Waals surface area contributed by atoms with E-state index in [9.17, 15) is 14.4 Å². The first-order valence-electron chi connectivity index (χ1n) is 5.53. The first kappa shape index (κ1) is 12.0. The largest absolute Gasteiger partial charge is 0.618 e. The Morgan fingerprint density at radius 1 is 1.11 bits per heavy atom. The van der Waals surface area contributed by atoms with Gasteiger partial charge < -0.3 is 5.21 Å². The Kier molecular flexibility index (Phi) is 2.71. The van der Waals surface area contributed by atoms with Crippen molar-refractivity contribution in [2.24, 2.45) is 0 Å². The standard InChI is InChI=1S/C14H7BrFNO2/c15-9-5-2-1-4-8(9)13-14(18)12-10(16)6-3-7-11(12)17(13)19/h1-7H. The van der Waals surface area contributed by atoms with E-state index in [0.717, 1.165) is 0 Å². The topological polar surface area (TPSA) is 43.1 Å². The van der Waals surface area contributed by atoms with E-state index in [0.29, 0.717) is 14.8 Å². The van der Waals surface area contributed by atoms with Crippen LogP contribution in [0.1, 0.15) is 15.9 Å². The molecule has 3 rings (SSSR count). The smallest absolute Gasteiger partial charge is 0.274 e. The highest BCUT2D eigenvalue weighted by Crippen LogP contribution is 2.31. The van der Waals surface area contributed by atoms with Crippen molar-refractivity contribution in [3.05, 3.63) is 69.1 Å².